The molecule has 6 heteroatoms. The Morgan fingerprint density at radius 3 is 1.14 bits per heavy atom. The number of hydrogen-bond donors (Lipinski definition) is 0. The molecule has 0 aromatic rings. The fraction of sp³-hybridized carbons (Fsp3) is 1.00. The van der Waals surface area contributed by atoms with Crippen LogP contribution in [0.1, 0.15) is 0 Å². The average Bonchev–Trinajstić information content (AvgIpc) is 1.33. The van der Waals surface area contributed by atoms with Gasteiger partial charge in [-0.25, -0.2) is 0 Å². The van der Waals surface area contributed by atoms with Gasteiger partial charge >= 0.3 is 47.4 Å². The Balaban J connectivity index is 0. The van der Waals surface area contributed by atoms with Gasteiger partial charge in [0.05, 0.1) is 0 Å². The van der Waals surface area contributed by atoms with Crippen LogP contribution in [0.5, 0.6) is 0 Å². The molecule has 0 fully saturated rings. The van der Waals surface area contributed by atoms with Gasteiger partial charge < -0.3 is 0 Å². The minimum atomic E-state index is -0.750. The van der Waals surface area contributed by atoms with Gasteiger partial charge in [0.15, 0.2) is 4.30 Å². The quantitative estimate of drug-likeness (QED) is 0.475. The summed E-state index contributed by atoms with van der Waals surface area (Å²) in [7, 11) is 6.50. The first-order valence-corrected chi connectivity index (χ1v) is 13.4. The second-order valence-electron chi connectivity index (χ2n) is 0.348. The summed E-state index contributed by atoms with van der Waals surface area (Å²) in [6.45, 7) is 0. The van der Waals surface area contributed by atoms with E-state index >= 15 is 0 Å². The molecule has 0 nitrogen and oxygen atoms in total. The summed E-state index contributed by atoms with van der Waals surface area (Å²) in [5.74, 6) is 0. The molecule has 0 bridgehead atoms. The van der Waals surface area contributed by atoms with Gasteiger partial charge in [0.25, 0.3) is 0 Å². The van der Waals surface area contributed by atoms with E-state index in [-0.39, 0.29) is 28.0 Å². The second-order valence-corrected chi connectivity index (χ2v) is 13.5. The van der Waals surface area contributed by atoms with E-state index in [1.54, 1.807) is 0 Å². The molecular weight excluding hydrogens is 318 g/mol. The molecule has 0 aromatic carbocycles. The molecule has 0 aromatic heterocycles. The monoisotopic (exact) mass is 316 g/mol. The van der Waals surface area contributed by atoms with Crippen LogP contribution in [0.3, 0.4) is 0 Å². The van der Waals surface area contributed by atoms with E-state index < -0.39 is 4.30 Å². The van der Waals surface area contributed by atoms with E-state index in [2.05, 4.69) is 19.4 Å². The summed E-state index contributed by atoms with van der Waals surface area (Å²) >= 11 is 14.2. The standard InChI is InChI=1S/CHCl3.2BrH.Ca/c2-1(3)4;;;/h1H;2*1H;/q;;;+2/p-2. The third kappa shape index (κ3) is 47.9. The molecule has 0 spiro atoms. The van der Waals surface area contributed by atoms with Crippen LogP contribution in [0.4, 0.5) is 0 Å². The Morgan fingerprint density at radius 1 is 1.14 bits per heavy atom. The van der Waals surface area contributed by atoms with Crippen molar-refractivity contribution in [3.8, 4) is 0 Å². The molecule has 0 saturated heterocycles. The molecule has 0 rings (SSSR count). The number of alkyl halides is 3. The summed E-state index contributed by atoms with van der Waals surface area (Å²) in [4.78, 5) is 0. The van der Waals surface area contributed by atoms with Crippen molar-refractivity contribution in [1.29, 1.82) is 0 Å². The van der Waals surface area contributed by atoms with E-state index in [1.165, 1.54) is 0 Å². The van der Waals surface area contributed by atoms with Crippen molar-refractivity contribution in [3.05, 3.63) is 0 Å². The van der Waals surface area contributed by atoms with E-state index in [4.69, 9.17) is 34.8 Å². The summed E-state index contributed by atoms with van der Waals surface area (Å²) in [6, 6.07) is 0. The zero-order chi connectivity index (χ0) is 6.28. The van der Waals surface area contributed by atoms with Crippen LogP contribution in [0.15, 0.2) is 0 Å². The Hall–Kier alpha value is 3.09. The molecular formula is CHBr2CaCl3. The first-order valence-electron chi connectivity index (χ1n) is 1.19. The molecule has 0 unspecified atom stereocenters. The van der Waals surface area contributed by atoms with Gasteiger partial charge in [0.2, 0.25) is 0 Å². The third-order valence-electron chi connectivity index (χ3n) is 0. The molecule has 0 aliphatic carbocycles. The maximum absolute atomic E-state index is 4.81. The van der Waals surface area contributed by atoms with Crippen LogP contribution >= 0.6 is 54.2 Å². The summed E-state index contributed by atoms with van der Waals surface area (Å²) in [5, 5.41) is 0. The third-order valence-corrected chi connectivity index (χ3v) is 0. The van der Waals surface area contributed by atoms with E-state index in [9.17, 15) is 0 Å². The summed E-state index contributed by atoms with van der Waals surface area (Å²) in [6.07, 6.45) is 0. The molecule has 0 saturated carbocycles. The first-order chi connectivity index (χ1) is 3.15. The number of halogens is 5. The molecule has 0 heterocycles. The van der Waals surface area contributed by atoms with Crippen LogP contribution in [0.25, 0.3) is 0 Å². The van der Waals surface area contributed by atoms with E-state index in [0.717, 1.165) is 0 Å². The fourth-order valence-corrected chi connectivity index (χ4v) is 0. The minimum absolute atomic E-state index is 0.250. The molecule has 0 radical (unpaired) electrons. The first kappa shape index (κ1) is 12.7. The zero-order valence-electron chi connectivity index (χ0n) is 3.17. The SMILES string of the molecule is ClC(Cl)Cl.[Br][Ca][Br]. The molecule has 0 atom stereocenters. The van der Waals surface area contributed by atoms with Crippen molar-refractivity contribution >= 4 is 82.2 Å². The van der Waals surface area contributed by atoms with Gasteiger partial charge in [-0.1, -0.05) is 34.8 Å². The van der Waals surface area contributed by atoms with Crippen LogP contribution in [-0.4, -0.2) is 32.3 Å². The van der Waals surface area contributed by atoms with Crippen molar-refractivity contribution in [2.24, 2.45) is 0 Å². The number of rotatable bonds is 0. The summed E-state index contributed by atoms with van der Waals surface area (Å²) in [5.41, 5.74) is 0. The van der Waals surface area contributed by atoms with Gasteiger partial charge in [-0.2, -0.15) is 0 Å². The van der Waals surface area contributed by atoms with Crippen molar-refractivity contribution in [1.82, 2.24) is 0 Å². The Bertz CT molecular complexity index is 24.1. The van der Waals surface area contributed by atoms with E-state index in [0.29, 0.717) is 0 Å². The predicted octanol–water partition coefficient (Wildman–Crippen LogP) is 3.30. The van der Waals surface area contributed by atoms with Crippen LogP contribution in [-0.2, 0) is 0 Å². The average molecular weight is 319 g/mol. The zero-order valence-corrected chi connectivity index (χ0v) is 10.8. The van der Waals surface area contributed by atoms with Gasteiger partial charge in [0.1, 0.15) is 0 Å². The fourth-order valence-electron chi connectivity index (χ4n) is 0. The number of hydrogen-bond acceptors (Lipinski definition) is 0. The Morgan fingerprint density at radius 2 is 1.14 bits per heavy atom. The van der Waals surface area contributed by atoms with Crippen molar-refractivity contribution < 1.29 is 0 Å². The molecule has 0 aliphatic heterocycles. The van der Waals surface area contributed by atoms with Crippen molar-refractivity contribution in [3.63, 3.8) is 0 Å². The van der Waals surface area contributed by atoms with Gasteiger partial charge in [-0.3, -0.25) is 0 Å². The van der Waals surface area contributed by atoms with Crippen molar-refractivity contribution in [2.45, 2.75) is 4.30 Å². The Kier molecular flexibility index (Phi) is 21.5. The normalized spacial score (nSPS) is 6.57. The maximum atomic E-state index is 4.81. The second kappa shape index (κ2) is 11.8. The molecule has 0 amide bonds. The van der Waals surface area contributed by atoms with Gasteiger partial charge in [-0.05, 0) is 0 Å². The molecule has 7 heavy (non-hydrogen) atoms. The van der Waals surface area contributed by atoms with Crippen molar-refractivity contribution in [2.75, 3.05) is 0 Å². The van der Waals surface area contributed by atoms with Crippen LogP contribution in [0.2, 0.25) is 0 Å². The molecule has 0 aliphatic rings. The Labute approximate surface area is 84.5 Å². The van der Waals surface area contributed by atoms with Gasteiger partial charge in [-0.15, -0.1) is 0 Å². The summed E-state index contributed by atoms with van der Waals surface area (Å²) < 4.78 is -0.750. The van der Waals surface area contributed by atoms with Gasteiger partial charge in [0, 0.05) is 0 Å². The van der Waals surface area contributed by atoms with Crippen LogP contribution < -0.4 is 0 Å². The van der Waals surface area contributed by atoms with Crippen LogP contribution in [0, 0.1) is 0 Å². The molecule has 0 N–H and O–H groups in total. The topological polar surface area (TPSA) is 0 Å². The predicted molar refractivity (Wildman–Crippen MR) is 45.0 cm³/mol. The van der Waals surface area contributed by atoms with E-state index in [1.807, 2.05) is 0 Å². The molecule has 42 valence electrons.